The average molecular weight is 267 g/mol. The summed E-state index contributed by atoms with van der Waals surface area (Å²) in [6, 6.07) is 1.70. The average Bonchev–Trinajstić information content (AvgIpc) is 2.69. The highest BCUT2D eigenvalue weighted by Gasteiger charge is 2.30. The Hall–Kier alpha value is -1.36. The molecule has 1 N–H and O–H groups in total. The number of rotatable bonds is 1. The monoisotopic (exact) mass is 267 g/mol. The highest BCUT2D eigenvalue weighted by Crippen LogP contribution is 2.30. The van der Waals surface area contributed by atoms with Crippen LogP contribution in [-0.2, 0) is 17.8 Å². The maximum absolute atomic E-state index is 12.2. The predicted octanol–water partition coefficient (Wildman–Crippen LogP) is 2.38. The van der Waals surface area contributed by atoms with Crippen molar-refractivity contribution >= 4 is 23.2 Å². The van der Waals surface area contributed by atoms with Crippen LogP contribution >= 0.6 is 11.3 Å². The molecule has 1 aliphatic heterocycles. The van der Waals surface area contributed by atoms with Gasteiger partial charge in [-0.15, -0.1) is 11.3 Å². The molecule has 4 nitrogen and oxygen atoms in total. The van der Waals surface area contributed by atoms with Crippen molar-refractivity contribution in [1.29, 1.82) is 0 Å². The maximum atomic E-state index is 12.2. The normalized spacial score (nSPS) is 15.4. The molecular weight excluding hydrogens is 250 g/mol. The zero-order valence-electron chi connectivity index (χ0n) is 10.8. The fraction of sp³-hybridized carbons (Fsp3) is 0.538. The first-order chi connectivity index (χ1) is 8.29. The van der Waals surface area contributed by atoms with Crippen LogP contribution in [0.15, 0.2) is 6.07 Å². The molecule has 0 saturated heterocycles. The van der Waals surface area contributed by atoms with E-state index < -0.39 is 5.97 Å². The van der Waals surface area contributed by atoms with Gasteiger partial charge in [0.2, 0.25) is 5.91 Å². The van der Waals surface area contributed by atoms with Crippen LogP contribution in [-0.4, -0.2) is 28.4 Å². The highest BCUT2D eigenvalue weighted by molar-refractivity contribution is 7.14. The van der Waals surface area contributed by atoms with Crippen LogP contribution in [0.2, 0.25) is 0 Å². The standard InChI is InChI=1S/C13H17NO3S/c1-13(2,3)12(17)14-5-4-9-8(7-14)6-10(18-9)11(15)16/h6H,4-5,7H2,1-3H3,(H,15,16). The number of thiophene rings is 1. The minimum Gasteiger partial charge on any atom is -0.477 e. The lowest BCUT2D eigenvalue weighted by atomic mass is 9.93. The first-order valence-electron chi connectivity index (χ1n) is 5.93. The first kappa shape index (κ1) is 13.1. The summed E-state index contributed by atoms with van der Waals surface area (Å²) in [7, 11) is 0. The second-order valence-electron chi connectivity index (χ2n) is 5.59. The minimum absolute atomic E-state index is 0.122. The van der Waals surface area contributed by atoms with Crippen LogP contribution < -0.4 is 0 Å². The van der Waals surface area contributed by atoms with E-state index >= 15 is 0 Å². The lowest BCUT2D eigenvalue weighted by Gasteiger charge is -2.32. The highest BCUT2D eigenvalue weighted by atomic mass is 32.1. The van der Waals surface area contributed by atoms with E-state index in [1.54, 1.807) is 6.07 Å². The number of amides is 1. The number of carbonyl (C=O) groups excluding carboxylic acids is 1. The van der Waals surface area contributed by atoms with Crippen molar-refractivity contribution in [3.63, 3.8) is 0 Å². The van der Waals surface area contributed by atoms with Crippen molar-refractivity contribution in [3.05, 3.63) is 21.4 Å². The molecule has 98 valence electrons. The number of hydrogen-bond acceptors (Lipinski definition) is 3. The summed E-state index contributed by atoms with van der Waals surface area (Å²) in [5.74, 6) is -0.765. The third-order valence-electron chi connectivity index (χ3n) is 3.01. The second kappa shape index (κ2) is 4.39. The molecule has 0 aliphatic carbocycles. The van der Waals surface area contributed by atoms with E-state index in [1.807, 2.05) is 25.7 Å². The Kier molecular flexibility index (Phi) is 3.19. The maximum Gasteiger partial charge on any atom is 0.345 e. The lowest BCUT2D eigenvalue weighted by Crippen LogP contribution is -2.41. The number of carboxylic acids is 1. The van der Waals surface area contributed by atoms with Gasteiger partial charge in [-0.1, -0.05) is 20.8 Å². The lowest BCUT2D eigenvalue weighted by molar-refractivity contribution is -0.140. The van der Waals surface area contributed by atoms with Crippen LogP contribution in [0, 0.1) is 5.41 Å². The van der Waals surface area contributed by atoms with Gasteiger partial charge in [0.1, 0.15) is 4.88 Å². The van der Waals surface area contributed by atoms with E-state index in [2.05, 4.69) is 0 Å². The van der Waals surface area contributed by atoms with Gasteiger partial charge in [0.15, 0.2) is 0 Å². The van der Waals surface area contributed by atoms with E-state index in [4.69, 9.17) is 5.11 Å². The minimum atomic E-state index is -0.886. The molecule has 1 amide bonds. The molecule has 0 fully saturated rings. The molecule has 0 radical (unpaired) electrons. The predicted molar refractivity (Wildman–Crippen MR) is 69.9 cm³/mol. The summed E-state index contributed by atoms with van der Waals surface area (Å²) < 4.78 is 0. The van der Waals surface area contributed by atoms with Gasteiger partial charge in [0.05, 0.1) is 0 Å². The van der Waals surface area contributed by atoms with Gasteiger partial charge in [-0.05, 0) is 18.1 Å². The van der Waals surface area contributed by atoms with E-state index in [0.717, 1.165) is 16.9 Å². The van der Waals surface area contributed by atoms with Gasteiger partial charge >= 0.3 is 5.97 Å². The van der Waals surface area contributed by atoms with Gasteiger partial charge < -0.3 is 10.0 Å². The molecule has 0 bridgehead atoms. The zero-order chi connectivity index (χ0) is 13.5. The molecule has 5 heteroatoms. The van der Waals surface area contributed by atoms with Crippen LogP contribution in [0.5, 0.6) is 0 Å². The van der Waals surface area contributed by atoms with Crippen molar-refractivity contribution < 1.29 is 14.7 Å². The summed E-state index contributed by atoms with van der Waals surface area (Å²) in [5.41, 5.74) is 0.602. The molecule has 2 rings (SSSR count). The van der Waals surface area contributed by atoms with Gasteiger partial charge in [-0.25, -0.2) is 4.79 Å². The van der Waals surface area contributed by atoms with Crippen LogP contribution in [0.4, 0.5) is 0 Å². The SMILES string of the molecule is CC(C)(C)C(=O)N1CCc2sc(C(=O)O)cc2C1. The Bertz CT molecular complexity index is 499. The number of hydrogen-bond donors (Lipinski definition) is 1. The van der Waals surface area contributed by atoms with Crippen molar-refractivity contribution in [1.82, 2.24) is 4.90 Å². The van der Waals surface area contributed by atoms with Crippen LogP contribution in [0.25, 0.3) is 0 Å². The fourth-order valence-corrected chi connectivity index (χ4v) is 3.09. The van der Waals surface area contributed by atoms with Gasteiger partial charge in [-0.2, -0.15) is 0 Å². The van der Waals surface area contributed by atoms with Crippen molar-refractivity contribution in [3.8, 4) is 0 Å². The zero-order valence-corrected chi connectivity index (χ0v) is 11.6. The Labute approximate surface area is 110 Å². The van der Waals surface area contributed by atoms with Crippen LogP contribution in [0.1, 0.15) is 40.9 Å². The third kappa shape index (κ3) is 2.41. The third-order valence-corrected chi connectivity index (χ3v) is 4.23. The summed E-state index contributed by atoms with van der Waals surface area (Å²) >= 11 is 1.33. The van der Waals surface area contributed by atoms with E-state index in [0.29, 0.717) is 18.0 Å². The number of fused-ring (bicyclic) bond motifs is 1. The Morgan fingerprint density at radius 2 is 2.06 bits per heavy atom. The molecular formula is C13H17NO3S. The summed E-state index contributed by atoms with van der Waals surface area (Å²) in [6.45, 7) is 6.93. The number of aromatic carboxylic acids is 1. The molecule has 0 unspecified atom stereocenters. The summed E-state index contributed by atoms with van der Waals surface area (Å²) in [4.78, 5) is 26.4. The van der Waals surface area contributed by atoms with Gasteiger partial charge in [0, 0.05) is 23.4 Å². The van der Waals surface area contributed by atoms with E-state index in [9.17, 15) is 9.59 Å². The van der Waals surface area contributed by atoms with Crippen molar-refractivity contribution in [2.45, 2.75) is 33.7 Å². The van der Waals surface area contributed by atoms with Gasteiger partial charge in [0.25, 0.3) is 0 Å². The molecule has 0 spiro atoms. The Morgan fingerprint density at radius 1 is 1.39 bits per heavy atom. The molecule has 0 saturated carbocycles. The number of carboxylic acid groups (broad SMARTS) is 1. The Balaban J connectivity index is 2.20. The molecule has 1 aromatic rings. The first-order valence-corrected chi connectivity index (χ1v) is 6.75. The van der Waals surface area contributed by atoms with Crippen molar-refractivity contribution in [2.24, 2.45) is 5.41 Å². The number of nitrogens with zero attached hydrogens (tertiary/aromatic N) is 1. The van der Waals surface area contributed by atoms with Crippen molar-refractivity contribution in [2.75, 3.05) is 6.54 Å². The molecule has 0 atom stereocenters. The summed E-state index contributed by atoms with van der Waals surface area (Å²) in [5, 5.41) is 8.97. The largest absolute Gasteiger partial charge is 0.477 e. The number of carbonyl (C=O) groups is 2. The fourth-order valence-electron chi connectivity index (χ4n) is 2.09. The second-order valence-corrected chi connectivity index (χ2v) is 6.73. The van der Waals surface area contributed by atoms with Gasteiger partial charge in [-0.3, -0.25) is 4.79 Å². The molecule has 2 heterocycles. The molecule has 1 aromatic heterocycles. The smallest absolute Gasteiger partial charge is 0.345 e. The quantitative estimate of drug-likeness (QED) is 0.850. The van der Waals surface area contributed by atoms with E-state index in [1.165, 1.54) is 11.3 Å². The van der Waals surface area contributed by atoms with E-state index in [-0.39, 0.29) is 11.3 Å². The summed E-state index contributed by atoms with van der Waals surface area (Å²) in [6.07, 6.45) is 0.759. The molecule has 1 aliphatic rings. The van der Waals surface area contributed by atoms with Crippen LogP contribution in [0.3, 0.4) is 0 Å². The molecule has 18 heavy (non-hydrogen) atoms. The molecule has 0 aromatic carbocycles. The Morgan fingerprint density at radius 3 is 2.61 bits per heavy atom. The topological polar surface area (TPSA) is 57.6 Å².